The molecule has 0 radical (unpaired) electrons. The van der Waals surface area contributed by atoms with Gasteiger partial charge in [-0.15, -0.1) is 0 Å². The van der Waals surface area contributed by atoms with Crippen LogP contribution in [0.4, 0.5) is 0 Å². The maximum Gasteiger partial charge on any atom is 0.0713 e. The number of aromatic nitrogens is 2. The number of ether oxygens (including phenoxy) is 1. The van der Waals surface area contributed by atoms with E-state index in [4.69, 9.17) is 4.74 Å². The van der Waals surface area contributed by atoms with Gasteiger partial charge in [-0.25, -0.2) is 0 Å². The van der Waals surface area contributed by atoms with Gasteiger partial charge in [-0.2, -0.15) is 16.9 Å². The van der Waals surface area contributed by atoms with Gasteiger partial charge in [0.05, 0.1) is 11.3 Å². The number of thioether (sulfide) groups is 1. The molecule has 2 aliphatic heterocycles. The summed E-state index contributed by atoms with van der Waals surface area (Å²) in [5, 5.41) is 8.27. The third kappa shape index (κ3) is 3.30. The number of rotatable bonds is 3. The number of nitrogens with zero attached hydrogens (tertiary/aromatic N) is 2. The highest BCUT2D eigenvalue weighted by molar-refractivity contribution is 7.99. The van der Waals surface area contributed by atoms with Crippen molar-refractivity contribution in [1.29, 1.82) is 0 Å². The topological polar surface area (TPSA) is 39.1 Å². The van der Waals surface area contributed by atoms with Gasteiger partial charge in [-0.05, 0) is 51.0 Å². The Bertz CT molecular complexity index is 488. The van der Waals surface area contributed by atoms with E-state index >= 15 is 0 Å². The van der Waals surface area contributed by atoms with E-state index in [1.807, 2.05) is 11.7 Å². The number of aryl methyl sites for hydroxylation is 2. The minimum atomic E-state index is 0.167. The minimum Gasteiger partial charge on any atom is -0.375 e. The molecule has 1 N–H and O–H groups in total. The molecule has 21 heavy (non-hydrogen) atoms. The molecule has 0 saturated carbocycles. The lowest BCUT2D eigenvalue weighted by molar-refractivity contribution is -0.0933. The van der Waals surface area contributed by atoms with Gasteiger partial charge >= 0.3 is 0 Å². The first-order valence-corrected chi connectivity index (χ1v) is 9.19. The van der Waals surface area contributed by atoms with Crippen molar-refractivity contribution in [3.8, 4) is 0 Å². The number of nitrogens with one attached hydrogen (secondary N) is 1. The highest BCUT2D eigenvalue weighted by Gasteiger charge is 2.38. The predicted molar refractivity (Wildman–Crippen MR) is 87.8 cm³/mol. The first-order chi connectivity index (χ1) is 10.1. The lowest BCUT2D eigenvalue weighted by Crippen LogP contribution is -2.48. The quantitative estimate of drug-likeness (QED) is 0.931. The molecule has 0 bridgehead atoms. The van der Waals surface area contributed by atoms with E-state index in [0.29, 0.717) is 6.04 Å². The third-order valence-electron chi connectivity index (χ3n) is 5.12. The molecule has 118 valence electrons. The fraction of sp³-hybridized carbons (Fsp3) is 0.812. The molecule has 0 aliphatic carbocycles. The van der Waals surface area contributed by atoms with Crippen LogP contribution in [0.3, 0.4) is 0 Å². The first kappa shape index (κ1) is 15.4. The van der Waals surface area contributed by atoms with Crippen molar-refractivity contribution in [2.75, 3.05) is 18.1 Å². The summed E-state index contributed by atoms with van der Waals surface area (Å²) in [4.78, 5) is 0. The fourth-order valence-corrected chi connectivity index (χ4v) is 4.85. The lowest BCUT2D eigenvalue weighted by Gasteiger charge is -2.43. The van der Waals surface area contributed by atoms with Crippen molar-refractivity contribution in [2.45, 2.75) is 57.7 Å². The summed E-state index contributed by atoms with van der Waals surface area (Å²) in [6.07, 6.45) is 4.75. The Kier molecular flexibility index (Phi) is 4.62. The largest absolute Gasteiger partial charge is 0.375 e. The smallest absolute Gasteiger partial charge is 0.0713 e. The molecule has 3 rings (SSSR count). The fourth-order valence-electron chi connectivity index (χ4n) is 3.61. The van der Waals surface area contributed by atoms with E-state index < -0.39 is 0 Å². The van der Waals surface area contributed by atoms with Crippen LogP contribution in [-0.4, -0.2) is 39.5 Å². The van der Waals surface area contributed by atoms with Gasteiger partial charge in [0.1, 0.15) is 0 Å². The summed E-state index contributed by atoms with van der Waals surface area (Å²) < 4.78 is 8.15. The molecule has 3 heterocycles. The van der Waals surface area contributed by atoms with Crippen LogP contribution >= 0.6 is 11.8 Å². The molecule has 2 saturated heterocycles. The number of hydrogen-bond donors (Lipinski definition) is 1. The lowest BCUT2D eigenvalue weighted by atomic mass is 9.85. The van der Waals surface area contributed by atoms with Crippen LogP contribution in [0.25, 0.3) is 0 Å². The standard InChI is InChI=1S/C16H27N3OS/c1-12-15(13(2)19(3)18-12)11-17-14-4-7-20-16(10-14)5-8-21-9-6-16/h14,17H,4-11H2,1-3H3. The monoisotopic (exact) mass is 309 g/mol. The van der Waals surface area contributed by atoms with Crippen molar-refractivity contribution >= 4 is 11.8 Å². The Morgan fingerprint density at radius 2 is 2.14 bits per heavy atom. The highest BCUT2D eigenvalue weighted by atomic mass is 32.2. The van der Waals surface area contributed by atoms with Gasteiger partial charge in [0, 0.05) is 37.5 Å². The molecule has 1 aromatic rings. The molecule has 2 fully saturated rings. The zero-order valence-electron chi connectivity index (χ0n) is 13.4. The van der Waals surface area contributed by atoms with E-state index in [-0.39, 0.29) is 5.60 Å². The molecule has 1 aromatic heterocycles. The molecule has 1 atom stereocenters. The second-order valence-corrected chi connectivity index (χ2v) is 7.71. The third-order valence-corrected chi connectivity index (χ3v) is 6.11. The summed E-state index contributed by atoms with van der Waals surface area (Å²) in [5.41, 5.74) is 3.95. The molecule has 1 spiro atoms. The van der Waals surface area contributed by atoms with E-state index in [0.717, 1.165) is 25.3 Å². The summed E-state index contributed by atoms with van der Waals surface area (Å²) in [5.74, 6) is 2.51. The average molecular weight is 309 g/mol. The van der Waals surface area contributed by atoms with Crippen molar-refractivity contribution in [3.63, 3.8) is 0 Å². The minimum absolute atomic E-state index is 0.167. The number of hydrogen-bond acceptors (Lipinski definition) is 4. The van der Waals surface area contributed by atoms with E-state index in [9.17, 15) is 0 Å². The maximum absolute atomic E-state index is 6.17. The predicted octanol–water partition coefficient (Wildman–Crippen LogP) is 2.57. The molecule has 1 unspecified atom stereocenters. The van der Waals surface area contributed by atoms with Crippen LogP contribution in [0.5, 0.6) is 0 Å². The molecule has 4 nitrogen and oxygen atoms in total. The molecule has 2 aliphatic rings. The van der Waals surface area contributed by atoms with Gasteiger partial charge in [0.2, 0.25) is 0 Å². The Morgan fingerprint density at radius 1 is 1.38 bits per heavy atom. The van der Waals surface area contributed by atoms with E-state index in [1.54, 1.807) is 0 Å². The van der Waals surface area contributed by atoms with Crippen molar-refractivity contribution in [3.05, 3.63) is 17.0 Å². The second kappa shape index (κ2) is 6.31. The van der Waals surface area contributed by atoms with Gasteiger partial charge in [0.15, 0.2) is 0 Å². The van der Waals surface area contributed by atoms with Crippen LogP contribution in [0.1, 0.15) is 42.6 Å². The van der Waals surface area contributed by atoms with Crippen LogP contribution in [-0.2, 0) is 18.3 Å². The van der Waals surface area contributed by atoms with Crippen LogP contribution in [0.15, 0.2) is 0 Å². The summed E-state index contributed by atoms with van der Waals surface area (Å²) >= 11 is 2.07. The Labute approximate surface area is 132 Å². The zero-order chi connectivity index (χ0) is 14.9. The normalized spacial score (nSPS) is 25.4. The SMILES string of the molecule is Cc1nn(C)c(C)c1CNC1CCOC2(CCSCC2)C1. The van der Waals surface area contributed by atoms with Gasteiger partial charge in [0.25, 0.3) is 0 Å². The molecular formula is C16H27N3OS. The van der Waals surface area contributed by atoms with Gasteiger partial charge < -0.3 is 10.1 Å². The van der Waals surface area contributed by atoms with Crippen LogP contribution < -0.4 is 5.32 Å². The van der Waals surface area contributed by atoms with Crippen LogP contribution in [0, 0.1) is 13.8 Å². The maximum atomic E-state index is 6.17. The Morgan fingerprint density at radius 3 is 2.81 bits per heavy atom. The summed E-state index contributed by atoms with van der Waals surface area (Å²) in [7, 11) is 2.02. The van der Waals surface area contributed by atoms with Crippen molar-refractivity contribution in [2.24, 2.45) is 7.05 Å². The molecule has 0 amide bonds. The van der Waals surface area contributed by atoms with Gasteiger partial charge in [-0.1, -0.05) is 0 Å². The average Bonchev–Trinajstić information content (AvgIpc) is 2.71. The molecule has 5 heteroatoms. The first-order valence-electron chi connectivity index (χ1n) is 8.04. The van der Waals surface area contributed by atoms with Crippen molar-refractivity contribution < 1.29 is 4.74 Å². The van der Waals surface area contributed by atoms with Crippen molar-refractivity contribution in [1.82, 2.24) is 15.1 Å². The highest BCUT2D eigenvalue weighted by Crippen LogP contribution is 2.37. The van der Waals surface area contributed by atoms with Crippen LogP contribution in [0.2, 0.25) is 0 Å². The molecule has 0 aromatic carbocycles. The summed E-state index contributed by atoms with van der Waals surface area (Å²) in [6.45, 7) is 6.10. The Hall–Kier alpha value is -0.520. The van der Waals surface area contributed by atoms with E-state index in [1.165, 1.54) is 42.0 Å². The van der Waals surface area contributed by atoms with E-state index in [2.05, 4.69) is 36.0 Å². The molecular weight excluding hydrogens is 282 g/mol. The zero-order valence-corrected chi connectivity index (χ0v) is 14.3. The second-order valence-electron chi connectivity index (χ2n) is 6.49. The Balaban J connectivity index is 1.60. The summed E-state index contributed by atoms with van der Waals surface area (Å²) in [6, 6.07) is 0.584. The van der Waals surface area contributed by atoms with Gasteiger partial charge in [-0.3, -0.25) is 4.68 Å².